The molecule has 0 aliphatic carbocycles. The molecule has 3 aromatic rings. The van der Waals surface area contributed by atoms with Crippen molar-refractivity contribution in [2.75, 3.05) is 0 Å². The monoisotopic (exact) mass is 426 g/mol. The normalized spacial score (nSPS) is 13.8. The Hall–Kier alpha value is -4.07. The maximum Gasteiger partial charge on any atom is 0.387 e. The van der Waals surface area contributed by atoms with E-state index < -0.39 is 24.2 Å². The van der Waals surface area contributed by atoms with Crippen LogP contribution in [0.5, 0.6) is 17.2 Å². The number of rotatable bonds is 5. The van der Waals surface area contributed by atoms with Crippen LogP contribution in [0, 0.1) is 5.82 Å². The molecule has 8 heteroatoms. The number of ether oxygens (including phenoxy) is 3. The van der Waals surface area contributed by atoms with Crippen molar-refractivity contribution in [1.29, 1.82) is 0 Å². The molecule has 1 aliphatic heterocycles. The Kier molecular flexibility index (Phi) is 5.44. The highest BCUT2D eigenvalue weighted by atomic mass is 19.3. The lowest BCUT2D eigenvalue weighted by Gasteiger charge is -2.08. The van der Waals surface area contributed by atoms with Gasteiger partial charge in [0, 0.05) is 11.6 Å². The lowest BCUT2D eigenvalue weighted by atomic mass is 10.1. The lowest BCUT2D eigenvalue weighted by molar-refractivity contribution is -0.0500. The molecule has 0 radical (unpaired) electrons. The number of carbonyl (C=O) groups is 2. The van der Waals surface area contributed by atoms with E-state index in [1.165, 1.54) is 60.7 Å². The van der Waals surface area contributed by atoms with E-state index in [4.69, 9.17) is 9.47 Å². The average Bonchev–Trinajstić information content (AvgIpc) is 3.04. The molecule has 0 saturated carbocycles. The molecular weight excluding hydrogens is 413 g/mol. The van der Waals surface area contributed by atoms with Crippen LogP contribution in [-0.4, -0.2) is 18.4 Å². The highest BCUT2D eigenvalue weighted by molar-refractivity contribution is 6.14. The first kappa shape index (κ1) is 20.2. The van der Waals surface area contributed by atoms with Crippen LogP contribution in [0.25, 0.3) is 6.08 Å². The topological polar surface area (TPSA) is 61.8 Å². The summed E-state index contributed by atoms with van der Waals surface area (Å²) in [7, 11) is 0. The van der Waals surface area contributed by atoms with Gasteiger partial charge in [0.25, 0.3) is 0 Å². The van der Waals surface area contributed by atoms with Gasteiger partial charge in [-0.2, -0.15) is 8.78 Å². The lowest BCUT2D eigenvalue weighted by Crippen LogP contribution is -2.10. The first-order valence-corrected chi connectivity index (χ1v) is 9.01. The van der Waals surface area contributed by atoms with Crippen molar-refractivity contribution in [2.24, 2.45) is 0 Å². The summed E-state index contributed by atoms with van der Waals surface area (Å²) in [4.78, 5) is 24.8. The van der Waals surface area contributed by atoms with Crippen LogP contribution in [0.15, 0.2) is 72.5 Å². The van der Waals surface area contributed by atoms with Gasteiger partial charge in [-0.25, -0.2) is 9.18 Å². The van der Waals surface area contributed by atoms with Crippen molar-refractivity contribution in [3.8, 4) is 17.2 Å². The summed E-state index contributed by atoms with van der Waals surface area (Å²) in [6, 6.07) is 15.4. The summed E-state index contributed by atoms with van der Waals surface area (Å²) in [6.45, 7) is -3.02. The van der Waals surface area contributed by atoms with Crippen molar-refractivity contribution < 1.29 is 37.0 Å². The Balaban J connectivity index is 1.57. The number of ketones is 1. The maximum absolute atomic E-state index is 13.7. The third kappa shape index (κ3) is 4.28. The van der Waals surface area contributed by atoms with E-state index in [9.17, 15) is 22.8 Å². The molecule has 0 bridgehead atoms. The first-order chi connectivity index (χ1) is 14.9. The number of alkyl halides is 2. The van der Waals surface area contributed by atoms with Gasteiger partial charge in [0.05, 0.1) is 11.1 Å². The number of fused-ring (bicyclic) bond motifs is 1. The van der Waals surface area contributed by atoms with Crippen molar-refractivity contribution >= 4 is 17.8 Å². The van der Waals surface area contributed by atoms with Crippen LogP contribution >= 0.6 is 0 Å². The summed E-state index contributed by atoms with van der Waals surface area (Å²) in [5.74, 6) is -2.18. The van der Waals surface area contributed by atoms with E-state index in [0.29, 0.717) is 0 Å². The summed E-state index contributed by atoms with van der Waals surface area (Å²) >= 11 is 0. The SMILES string of the molecule is O=C(Oc1ccc2c(c1)O/C(=C\c1ccccc1OC(F)F)C2=O)c1ccccc1F. The number of carbonyl (C=O) groups excluding carboxylic acids is 2. The first-order valence-electron chi connectivity index (χ1n) is 9.01. The summed E-state index contributed by atoms with van der Waals surface area (Å²) < 4.78 is 54.1. The van der Waals surface area contributed by atoms with Gasteiger partial charge in [-0.05, 0) is 36.4 Å². The van der Waals surface area contributed by atoms with Crippen molar-refractivity contribution in [3.63, 3.8) is 0 Å². The number of Topliss-reactive ketones (excluding diaryl/α,β-unsaturated/α-hetero) is 1. The Morgan fingerprint density at radius 3 is 2.52 bits per heavy atom. The predicted molar refractivity (Wildman–Crippen MR) is 104 cm³/mol. The van der Waals surface area contributed by atoms with Gasteiger partial charge in [0.1, 0.15) is 23.1 Å². The minimum Gasteiger partial charge on any atom is -0.452 e. The molecule has 5 nitrogen and oxygen atoms in total. The number of allylic oxidation sites excluding steroid dienone is 1. The minimum absolute atomic E-state index is 0.0440. The molecular formula is C23H13F3O5. The molecule has 0 unspecified atom stereocenters. The number of benzene rings is 3. The molecule has 0 fully saturated rings. The molecule has 0 N–H and O–H groups in total. The molecule has 1 aliphatic rings. The molecule has 0 saturated heterocycles. The highest BCUT2D eigenvalue weighted by Gasteiger charge is 2.28. The second-order valence-corrected chi connectivity index (χ2v) is 6.38. The van der Waals surface area contributed by atoms with Crippen LogP contribution < -0.4 is 14.2 Å². The van der Waals surface area contributed by atoms with Gasteiger partial charge < -0.3 is 14.2 Å². The zero-order chi connectivity index (χ0) is 22.0. The second-order valence-electron chi connectivity index (χ2n) is 6.38. The standard InChI is InChI=1S/C23H13F3O5/c24-17-7-3-2-6-15(17)22(28)29-14-9-10-16-19(12-14)30-20(21(16)27)11-13-5-1-4-8-18(13)31-23(25)26/h1-12,23H/b20-11-. The van der Waals surface area contributed by atoms with Crippen LogP contribution in [0.1, 0.15) is 26.3 Å². The fourth-order valence-electron chi connectivity index (χ4n) is 2.96. The van der Waals surface area contributed by atoms with Crippen LogP contribution in [-0.2, 0) is 0 Å². The molecule has 1 heterocycles. The fraction of sp³-hybridized carbons (Fsp3) is 0.0435. The molecule has 156 valence electrons. The molecule has 0 aromatic heterocycles. The van der Waals surface area contributed by atoms with Gasteiger partial charge in [0.2, 0.25) is 5.78 Å². The molecule has 0 amide bonds. The fourth-order valence-corrected chi connectivity index (χ4v) is 2.96. The largest absolute Gasteiger partial charge is 0.452 e. The van der Waals surface area contributed by atoms with Crippen molar-refractivity contribution in [3.05, 3.63) is 95.0 Å². The zero-order valence-electron chi connectivity index (χ0n) is 15.7. The summed E-state index contributed by atoms with van der Waals surface area (Å²) in [5.41, 5.74) is 0.186. The summed E-state index contributed by atoms with van der Waals surface area (Å²) in [5, 5.41) is 0. The second kappa shape index (κ2) is 8.35. The van der Waals surface area contributed by atoms with Crippen LogP contribution in [0.2, 0.25) is 0 Å². The Labute approximate surface area is 174 Å². The van der Waals surface area contributed by atoms with E-state index in [2.05, 4.69) is 4.74 Å². The Bertz CT molecular complexity index is 1200. The number of halogens is 3. The average molecular weight is 426 g/mol. The van der Waals surface area contributed by atoms with E-state index in [-0.39, 0.29) is 39.7 Å². The molecule has 31 heavy (non-hydrogen) atoms. The zero-order valence-corrected chi connectivity index (χ0v) is 15.7. The van der Waals surface area contributed by atoms with Gasteiger partial charge >= 0.3 is 12.6 Å². The molecule has 4 rings (SSSR count). The number of para-hydroxylation sites is 1. The number of esters is 1. The quantitative estimate of drug-likeness (QED) is 0.316. The van der Waals surface area contributed by atoms with Gasteiger partial charge in [-0.3, -0.25) is 4.79 Å². The Morgan fingerprint density at radius 1 is 1.00 bits per heavy atom. The van der Waals surface area contributed by atoms with Crippen molar-refractivity contribution in [2.45, 2.75) is 6.61 Å². The number of hydrogen-bond acceptors (Lipinski definition) is 5. The maximum atomic E-state index is 13.7. The number of hydrogen-bond donors (Lipinski definition) is 0. The smallest absolute Gasteiger partial charge is 0.387 e. The van der Waals surface area contributed by atoms with Crippen LogP contribution in [0.3, 0.4) is 0 Å². The predicted octanol–water partition coefficient (Wildman–Crippen LogP) is 5.26. The molecule has 0 spiro atoms. The minimum atomic E-state index is -3.02. The van der Waals surface area contributed by atoms with Crippen LogP contribution in [0.4, 0.5) is 13.2 Å². The van der Waals surface area contributed by atoms with Gasteiger partial charge in [-0.15, -0.1) is 0 Å². The van der Waals surface area contributed by atoms with Gasteiger partial charge in [-0.1, -0.05) is 30.3 Å². The third-order valence-electron chi connectivity index (χ3n) is 4.37. The van der Waals surface area contributed by atoms with E-state index in [0.717, 1.165) is 6.07 Å². The van der Waals surface area contributed by atoms with Gasteiger partial charge in [0.15, 0.2) is 5.76 Å². The Morgan fingerprint density at radius 2 is 1.74 bits per heavy atom. The third-order valence-corrected chi connectivity index (χ3v) is 4.37. The van der Waals surface area contributed by atoms with Crippen molar-refractivity contribution in [1.82, 2.24) is 0 Å². The van der Waals surface area contributed by atoms with E-state index in [1.54, 1.807) is 6.07 Å². The highest BCUT2D eigenvalue weighted by Crippen LogP contribution is 2.36. The summed E-state index contributed by atoms with van der Waals surface area (Å²) in [6.07, 6.45) is 1.28. The molecule has 3 aromatic carbocycles. The molecule has 0 atom stereocenters. The van der Waals surface area contributed by atoms with E-state index in [1.807, 2.05) is 0 Å². The van der Waals surface area contributed by atoms with E-state index >= 15 is 0 Å².